The van der Waals surface area contributed by atoms with Gasteiger partial charge in [0.05, 0.1) is 6.54 Å². The summed E-state index contributed by atoms with van der Waals surface area (Å²) >= 11 is 0. The molecule has 0 bridgehead atoms. The van der Waals surface area contributed by atoms with E-state index in [4.69, 9.17) is 4.42 Å². The average Bonchev–Trinajstić information content (AvgIpc) is 2.97. The quantitative estimate of drug-likeness (QED) is 0.756. The fraction of sp³-hybridized carbons (Fsp3) is 0.286. The molecule has 25 heavy (non-hydrogen) atoms. The van der Waals surface area contributed by atoms with Crippen LogP contribution in [0.2, 0.25) is 0 Å². The summed E-state index contributed by atoms with van der Waals surface area (Å²) in [6, 6.07) is 13.4. The predicted molar refractivity (Wildman–Crippen MR) is 98.8 cm³/mol. The number of aryl methyl sites for hydroxylation is 3. The van der Waals surface area contributed by atoms with E-state index < -0.39 is 5.60 Å². The first kappa shape index (κ1) is 17.2. The molecule has 130 valence electrons. The minimum atomic E-state index is -1.29. The van der Waals surface area contributed by atoms with Gasteiger partial charge in [-0.25, -0.2) is 0 Å². The van der Waals surface area contributed by atoms with E-state index in [-0.39, 0.29) is 12.5 Å². The van der Waals surface area contributed by atoms with Crippen LogP contribution in [0.3, 0.4) is 0 Å². The number of para-hydroxylation sites is 1. The molecule has 0 saturated heterocycles. The predicted octanol–water partition coefficient (Wildman–Crippen LogP) is 4.00. The monoisotopic (exact) mass is 337 g/mol. The Kier molecular flexibility index (Phi) is 4.39. The van der Waals surface area contributed by atoms with Crippen molar-refractivity contribution in [3.63, 3.8) is 0 Å². The number of carbonyl (C=O) groups is 1. The largest absolute Gasteiger partial charge is 0.458 e. The lowest BCUT2D eigenvalue weighted by molar-refractivity contribution is 0.0344. The summed E-state index contributed by atoms with van der Waals surface area (Å²) in [7, 11) is 0. The van der Waals surface area contributed by atoms with Crippen molar-refractivity contribution in [3.8, 4) is 0 Å². The van der Waals surface area contributed by atoms with Gasteiger partial charge in [0, 0.05) is 10.9 Å². The van der Waals surface area contributed by atoms with Crippen LogP contribution in [0, 0.1) is 20.8 Å². The molecule has 4 nitrogen and oxygen atoms in total. The van der Waals surface area contributed by atoms with Crippen LogP contribution < -0.4 is 5.32 Å². The molecule has 0 fully saturated rings. The van der Waals surface area contributed by atoms with Gasteiger partial charge < -0.3 is 14.8 Å². The highest BCUT2D eigenvalue weighted by Gasteiger charge is 2.28. The molecular formula is C21H23NO3. The third kappa shape index (κ3) is 3.44. The Hall–Kier alpha value is -2.59. The second-order valence-corrected chi connectivity index (χ2v) is 6.88. The molecule has 0 radical (unpaired) electrons. The first-order valence-corrected chi connectivity index (χ1v) is 8.35. The number of amides is 1. The number of fused-ring (bicyclic) bond motifs is 1. The first-order valence-electron chi connectivity index (χ1n) is 8.35. The molecule has 3 aromatic rings. The van der Waals surface area contributed by atoms with E-state index in [2.05, 4.69) is 5.32 Å². The minimum Gasteiger partial charge on any atom is -0.458 e. The Morgan fingerprint density at radius 1 is 1.12 bits per heavy atom. The fourth-order valence-electron chi connectivity index (χ4n) is 3.21. The smallest absolute Gasteiger partial charge is 0.251 e. The van der Waals surface area contributed by atoms with Crippen LogP contribution in [0.4, 0.5) is 0 Å². The number of aliphatic hydroxyl groups is 1. The lowest BCUT2D eigenvalue weighted by Gasteiger charge is -2.22. The van der Waals surface area contributed by atoms with Crippen LogP contribution in [-0.2, 0) is 5.60 Å². The van der Waals surface area contributed by atoms with E-state index in [0.29, 0.717) is 16.9 Å². The maximum Gasteiger partial charge on any atom is 0.251 e. The molecule has 1 heterocycles. The number of carbonyl (C=O) groups excluding carboxylic acids is 1. The van der Waals surface area contributed by atoms with E-state index in [0.717, 1.165) is 22.1 Å². The Morgan fingerprint density at radius 3 is 2.40 bits per heavy atom. The summed E-state index contributed by atoms with van der Waals surface area (Å²) in [5.41, 5.74) is 3.07. The van der Waals surface area contributed by atoms with Crippen LogP contribution in [0.15, 0.2) is 46.9 Å². The molecule has 1 aromatic heterocycles. The zero-order valence-electron chi connectivity index (χ0n) is 15.0. The number of benzene rings is 2. The molecule has 1 amide bonds. The van der Waals surface area contributed by atoms with Crippen molar-refractivity contribution in [1.29, 1.82) is 0 Å². The molecule has 3 rings (SSSR count). The number of nitrogens with one attached hydrogen (secondary N) is 1. The van der Waals surface area contributed by atoms with Crippen LogP contribution >= 0.6 is 0 Å². The Balaban J connectivity index is 1.79. The van der Waals surface area contributed by atoms with Gasteiger partial charge >= 0.3 is 0 Å². The number of hydrogen-bond donors (Lipinski definition) is 2. The van der Waals surface area contributed by atoms with Gasteiger partial charge in [-0.05, 0) is 51.0 Å². The van der Waals surface area contributed by atoms with E-state index in [9.17, 15) is 9.90 Å². The molecule has 0 saturated carbocycles. The molecule has 4 heteroatoms. The molecule has 2 N–H and O–H groups in total. The normalized spacial score (nSPS) is 13.6. The van der Waals surface area contributed by atoms with Crippen molar-refractivity contribution in [2.24, 2.45) is 0 Å². The van der Waals surface area contributed by atoms with Crippen LogP contribution in [0.25, 0.3) is 11.0 Å². The summed E-state index contributed by atoms with van der Waals surface area (Å²) in [5.74, 6) is 0.248. The van der Waals surface area contributed by atoms with E-state index in [1.54, 1.807) is 6.92 Å². The second kappa shape index (κ2) is 6.37. The zero-order chi connectivity index (χ0) is 18.2. The molecular weight excluding hydrogens is 314 g/mol. The number of rotatable bonds is 4. The van der Waals surface area contributed by atoms with Crippen LogP contribution in [-0.4, -0.2) is 17.6 Å². The third-order valence-electron chi connectivity index (χ3n) is 4.45. The summed E-state index contributed by atoms with van der Waals surface area (Å²) in [6.07, 6.45) is 0. The third-order valence-corrected chi connectivity index (χ3v) is 4.45. The van der Waals surface area contributed by atoms with Gasteiger partial charge in [0.15, 0.2) is 0 Å². The summed E-state index contributed by atoms with van der Waals surface area (Å²) in [4.78, 5) is 12.6. The van der Waals surface area contributed by atoms with Gasteiger partial charge in [-0.1, -0.05) is 35.9 Å². The van der Waals surface area contributed by atoms with Crippen LogP contribution in [0.1, 0.15) is 39.7 Å². The Bertz CT molecular complexity index is 881. The molecule has 0 aliphatic heterocycles. The zero-order valence-corrected chi connectivity index (χ0v) is 15.0. The van der Waals surface area contributed by atoms with Crippen molar-refractivity contribution >= 4 is 16.9 Å². The molecule has 0 aliphatic carbocycles. The van der Waals surface area contributed by atoms with Crippen molar-refractivity contribution in [1.82, 2.24) is 5.32 Å². The van der Waals surface area contributed by atoms with Crippen molar-refractivity contribution in [2.45, 2.75) is 33.3 Å². The fourth-order valence-corrected chi connectivity index (χ4v) is 3.21. The molecule has 2 aromatic carbocycles. The second-order valence-electron chi connectivity index (χ2n) is 6.88. The number of hydrogen-bond acceptors (Lipinski definition) is 3. The Morgan fingerprint density at radius 2 is 1.76 bits per heavy atom. The van der Waals surface area contributed by atoms with Crippen molar-refractivity contribution in [3.05, 3.63) is 70.5 Å². The highest BCUT2D eigenvalue weighted by molar-refractivity contribution is 5.97. The lowest BCUT2D eigenvalue weighted by Crippen LogP contribution is -2.38. The highest BCUT2D eigenvalue weighted by Crippen LogP contribution is 2.27. The van der Waals surface area contributed by atoms with Crippen molar-refractivity contribution in [2.75, 3.05) is 6.54 Å². The van der Waals surface area contributed by atoms with Gasteiger partial charge in [0.1, 0.15) is 16.9 Å². The summed E-state index contributed by atoms with van der Waals surface area (Å²) in [6.45, 7) is 7.56. The maximum absolute atomic E-state index is 12.6. The van der Waals surface area contributed by atoms with Gasteiger partial charge in [-0.3, -0.25) is 4.79 Å². The van der Waals surface area contributed by atoms with Gasteiger partial charge in [0.25, 0.3) is 5.91 Å². The first-order chi connectivity index (χ1) is 11.8. The van der Waals surface area contributed by atoms with Gasteiger partial charge in [-0.15, -0.1) is 0 Å². The highest BCUT2D eigenvalue weighted by atomic mass is 16.4. The SMILES string of the molecule is Cc1cc(C)c(C(=O)NCC(C)(O)c2cc3ccccc3o2)c(C)c1. The lowest BCUT2D eigenvalue weighted by atomic mass is 9.98. The Labute approximate surface area is 147 Å². The van der Waals surface area contributed by atoms with E-state index in [1.165, 1.54) is 0 Å². The van der Waals surface area contributed by atoms with Gasteiger partial charge in [-0.2, -0.15) is 0 Å². The van der Waals surface area contributed by atoms with Crippen LogP contribution in [0.5, 0.6) is 0 Å². The topological polar surface area (TPSA) is 62.5 Å². The molecule has 1 unspecified atom stereocenters. The minimum absolute atomic E-state index is 0.0679. The van der Waals surface area contributed by atoms with Crippen molar-refractivity contribution < 1.29 is 14.3 Å². The average molecular weight is 337 g/mol. The summed E-state index contributed by atoms with van der Waals surface area (Å²) in [5, 5.41) is 14.5. The maximum atomic E-state index is 12.6. The van der Waals surface area contributed by atoms with E-state index >= 15 is 0 Å². The molecule has 0 spiro atoms. The van der Waals surface area contributed by atoms with E-state index in [1.807, 2.05) is 63.2 Å². The number of furan rings is 1. The molecule has 1 atom stereocenters. The van der Waals surface area contributed by atoms with Gasteiger partial charge in [0.2, 0.25) is 0 Å². The molecule has 0 aliphatic rings. The summed E-state index contributed by atoms with van der Waals surface area (Å²) < 4.78 is 5.73. The standard InChI is InChI=1S/C21H23NO3/c1-13-9-14(2)19(15(3)10-13)20(23)22-12-21(4,24)18-11-16-7-5-6-8-17(16)25-18/h5-11,24H,12H2,1-4H3,(H,22,23).